The Balaban J connectivity index is 1.63. The van der Waals surface area contributed by atoms with Crippen molar-refractivity contribution in [2.45, 2.75) is 51.5 Å². The molecule has 4 atom stereocenters. The lowest BCUT2D eigenvalue weighted by Crippen LogP contribution is -2.47. The summed E-state index contributed by atoms with van der Waals surface area (Å²) in [6, 6.07) is 8.60. The molecule has 0 aromatic heterocycles. The largest absolute Gasteiger partial charge is 0.355 e. The van der Waals surface area contributed by atoms with Crippen LogP contribution in [0.5, 0.6) is 0 Å². The van der Waals surface area contributed by atoms with Gasteiger partial charge >= 0.3 is 0 Å². The summed E-state index contributed by atoms with van der Waals surface area (Å²) in [4.78, 5) is 12.6. The van der Waals surface area contributed by atoms with E-state index in [-0.39, 0.29) is 23.3 Å². The Morgan fingerprint density at radius 2 is 2.05 bits per heavy atom. The van der Waals surface area contributed by atoms with E-state index in [4.69, 9.17) is 5.73 Å². The molecule has 3 nitrogen and oxygen atoms in total. The van der Waals surface area contributed by atoms with Gasteiger partial charge in [-0.2, -0.15) is 0 Å². The zero-order valence-corrected chi connectivity index (χ0v) is 13.9. The first kappa shape index (κ1) is 15.5. The van der Waals surface area contributed by atoms with Crippen LogP contribution in [-0.2, 0) is 10.2 Å². The molecular weight excluding hydrogens is 272 g/mol. The van der Waals surface area contributed by atoms with E-state index in [0.717, 1.165) is 6.42 Å². The van der Waals surface area contributed by atoms with Gasteiger partial charge in [-0.05, 0) is 43.6 Å². The fourth-order valence-electron chi connectivity index (χ4n) is 4.32. The number of carbonyl (C=O) groups is 1. The second-order valence-corrected chi connectivity index (χ2v) is 7.91. The Morgan fingerprint density at radius 1 is 1.32 bits per heavy atom. The van der Waals surface area contributed by atoms with E-state index >= 15 is 0 Å². The Morgan fingerprint density at radius 3 is 2.68 bits per heavy atom. The van der Waals surface area contributed by atoms with Gasteiger partial charge < -0.3 is 11.1 Å². The van der Waals surface area contributed by atoms with E-state index < -0.39 is 0 Å². The molecule has 3 N–H and O–H groups in total. The smallest absolute Gasteiger partial charge is 0.224 e. The average Bonchev–Trinajstić information content (AvgIpc) is 3.06. The van der Waals surface area contributed by atoms with Crippen LogP contribution in [-0.4, -0.2) is 18.5 Å². The first-order valence-corrected chi connectivity index (χ1v) is 8.49. The molecule has 2 aliphatic rings. The molecule has 0 saturated heterocycles. The van der Waals surface area contributed by atoms with Crippen molar-refractivity contribution < 1.29 is 4.79 Å². The van der Waals surface area contributed by atoms with Gasteiger partial charge in [0.2, 0.25) is 5.91 Å². The van der Waals surface area contributed by atoms with Crippen molar-refractivity contribution in [1.29, 1.82) is 0 Å². The summed E-state index contributed by atoms with van der Waals surface area (Å²) < 4.78 is 0. The van der Waals surface area contributed by atoms with Crippen LogP contribution >= 0.6 is 0 Å². The molecule has 1 aromatic carbocycles. The van der Waals surface area contributed by atoms with Crippen LogP contribution < -0.4 is 11.1 Å². The third-order valence-corrected chi connectivity index (χ3v) is 5.79. The van der Waals surface area contributed by atoms with Crippen molar-refractivity contribution in [2.75, 3.05) is 6.54 Å². The van der Waals surface area contributed by atoms with E-state index in [9.17, 15) is 4.79 Å². The standard InChI is InChI=1S/C19H28N2O/c1-12-5-4-6-15(9-12)19(2,3)11-21-18(22)16-13-7-8-14(10-13)17(16)20/h4-6,9,13-14,16-17H,7-8,10-11,20H2,1-3H3,(H,21,22). The summed E-state index contributed by atoms with van der Waals surface area (Å²) >= 11 is 0. The molecule has 3 rings (SSSR count). The summed E-state index contributed by atoms with van der Waals surface area (Å²) in [5.74, 6) is 1.29. The number of nitrogens with one attached hydrogen (secondary N) is 1. The third-order valence-electron chi connectivity index (χ3n) is 5.79. The maximum atomic E-state index is 12.6. The van der Waals surface area contributed by atoms with E-state index in [1.807, 2.05) is 0 Å². The molecular formula is C19H28N2O. The fourth-order valence-corrected chi connectivity index (χ4v) is 4.32. The van der Waals surface area contributed by atoms with Crippen molar-refractivity contribution in [3.8, 4) is 0 Å². The first-order chi connectivity index (χ1) is 10.4. The number of fused-ring (bicyclic) bond motifs is 2. The fraction of sp³-hybridized carbons (Fsp3) is 0.632. The minimum Gasteiger partial charge on any atom is -0.355 e. The molecule has 4 unspecified atom stereocenters. The van der Waals surface area contributed by atoms with Crippen LogP contribution in [0.25, 0.3) is 0 Å². The third kappa shape index (κ3) is 2.79. The Hall–Kier alpha value is -1.35. The highest BCUT2D eigenvalue weighted by Crippen LogP contribution is 2.47. The van der Waals surface area contributed by atoms with Crippen molar-refractivity contribution >= 4 is 5.91 Å². The maximum absolute atomic E-state index is 12.6. The highest BCUT2D eigenvalue weighted by molar-refractivity contribution is 5.80. The number of carbonyl (C=O) groups excluding carboxylic acids is 1. The lowest BCUT2D eigenvalue weighted by atomic mass is 9.82. The molecule has 0 aliphatic heterocycles. The van der Waals surface area contributed by atoms with Crippen LogP contribution in [0.1, 0.15) is 44.2 Å². The molecule has 2 saturated carbocycles. The highest BCUT2D eigenvalue weighted by atomic mass is 16.1. The molecule has 0 spiro atoms. The van der Waals surface area contributed by atoms with Crippen molar-refractivity contribution in [3.63, 3.8) is 0 Å². The normalized spacial score (nSPS) is 30.5. The molecule has 2 aliphatic carbocycles. The summed E-state index contributed by atoms with van der Waals surface area (Å²) in [6.07, 6.45) is 3.54. The highest BCUT2D eigenvalue weighted by Gasteiger charge is 2.49. The quantitative estimate of drug-likeness (QED) is 0.898. The number of aryl methyl sites for hydroxylation is 1. The molecule has 0 heterocycles. The van der Waals surface area contributed by atoms with Gasteiger partial charge in [-0.15, -0.1) is 0 Å². The van der Waals surface area contributed by atoms with Gasteiger partial charge in [0.15, 0.2) is 0 Å². The van der Waals surface area contributed by atoms with Crippen LogP contribution in [0.15, 0.2) is 24.3 Å². The van der Waals surface area contributed by atoms with Gasteiger partial charge in [0.05, 0.1) is 5.92 Å². The van der Waals surface area contributed by atoms with Crippen molar-refractivity contribution in [3.05, 3.63) is 35.4 Å². The second kappa shape index (κ2) is 5.69. The number of nitrogens with two attached hydrogens (primary N) is 1. The molecule has 2 fully saturated rings. The van der Waals surface area contributed by atoms with E-state index in [0.29, 0.717) is 18.4 Å². The maximum Gasteiger partial charge on any atom is 0.224 e. The van der Waals surface area contributed by atoms with Crippen LogP contribution in [0, 0.1) is 24.7 Å². The number of benzene rings is 1. The lowest BCUT2D eigenvalue weighted by Gasteiger charge is -2.30. The van der Waals surface area contributed by atoms with Gasteiger partial charge in [0.25, 0.3) is 0 Å². The van der Waals surface area contributed by atoms with Gasteiger partial charge in [-0.3, -0.25) is 4.79 Å². The van der Waals surface area contributed by atoms with Crippen LogP contribution in [0.4, 0.5) is 0 Å². The molecule has 0 radical (unpaired) electrons. The van der Waals surface area contributed by atoms with E-state index in [1.54, 1.807) is 0 Å². The average molecular weight is 300 g/mol. The molecule has 22 heavy (non-hydrogen) atoms. The van der Waals surface area contributed by atoms with Crippen LogP contribution in [0.2, 0.25) is 0 Å². The summed E-state index contributed by atoms with van der Waals surface area (Å²) in [7, 11) is 0. The predicted molar refractivity (Wildman–Crippen MR) is 89.5 cm³/mol. The minimum atomic E-state index is -0.0661. The minimum absolute atomic E-state index is 0.0343. The lowest BCUT2D eigenvalue weighted by molar-refractivity contribution is -0.127. The van der Waals surface area contributed by atoms with E-state index in [1.165, 1.54) is 24.0 Å². The Bertz CT molecular complexity index is 564. The molecule has 120 valence electrons. The van der Waals surface area contributed by atoms with Crippen molar-refractivity contribution in [2.24, 2.45) is 23.5 Å². The zero-order valence-electron chi connectivity index (χ0n) is 13.9. The van der Waals surface area contributed by atoms with Gasteiger partial charge in [0.1, 0.15) is 0 Å². The molecule has 2 bridgehead atoms. The first-order valence-electron chi connectivity index (χ1n) is 8.49. The Kier molecular flexibility index (Phi) is 4.02. The van der Waals surface area contributed by atoms with Gasteiger partial charge in [0, 0.05) is 18.0 Å². The van der Waals surface area contributed by atoms with Crippen molar-refractivity contribution in [1.82, 2.24) is 5.32 Å². The summed E-state index contributed by atoms with van der Waals surface area (Å²) in [5, 5.41) is 3.18. The van der Waals surface area contributed by atoms with E-state index in [2.05, 4.69) is 50.4 Å². The topological polar surface area (TPSA) is 55.1 Å². The summed E-state index contributed by atoms with van der Waals surface area (Å²) in [5.41, 5.74) is 8.73. The Labute approximate surface area is 133 Å². The second-order valence-electron chi connectivity index (χ2n) is 7.91. The number of hydrogen-bond donors (Lipinski definition) is 2. The number of hydrogen-bond acceptors (Lipinski definition) is 2. The molecule has 1 aromatic rings. The van der Waals surface area contributed by atoms with Crippen LogP contribution in [0.3, 0.4) is 0 Å². The number of rotatable bonds is 4. The summed E-state index contributed by atoms with van der Waals surface area (Å²) in [6.45, 7) is 7.13. The monoisotopic (exact) mass is 300 g/mol. The number of amides is 1. The molecule has 3 heteroatoms. The van der Waals surface area contributed by atoms with Gasteiger partial charge in [-0.25, -0.2) is 0 Å². The SMILES string of the molecule is Cc1cccc(C(C)(C)CNC(=O)C2C3CCC(C3)C2N)c1. The molecule has 1 amide bonds. The predicted octanol–water partition coefficient (Wildman–Crippen LogP) is 2.76. The zero-order chi connectivity index (χ0) is 15.9. The van der Waals surface area contributed by atoms with Gasteiger partial charge in [-0.1, -0.05) is 43.7 Å².